The molecule has 6 heteroatoms. The zero-order valence-corrected chi connectivity index (χ0v) is 14.6. The average Bonchev–Trinajstić information content (AvgIpc) is 2.56. The van der Waals surface area contributed by atoms with E-state index in [1.165, 1.54) is 0 Å². The summed E-state index contributed by atoms with van der Waals surface area (Å²) in [6.45, 7) is 0.383. The summed E-state index contributed by atoms with van der Waals surface area (Å²) >= 11 is 1.65. The van der Waals surface area contributed by atoms with E-state index in [2.05, 4.69) is 10.6 Å². The maximum absolute atomic E-state index is 12.0. The summed E-state index contributed by atoms with van der Waals surface area (Å²) in [6.07, 6.45) is 2.00. The van der Waals surface area contributed by atoms with Crippen LogP contribution in [-0.2, 0) is 16.6 Å². The Hall–Kier alpha value is -1.79. The van der Waals surface area contributed by atoms with E-state index >= 15 is 0 Å². The number of amides is 2. The van der Waals surface area contributed by atoms with Crippen molar-refractivity contribution in [1.82, 2.24) is 5.32 Å². The number of thioether (sulfide) groups is 1. The Morgan fingerprint density at radius 2 is 1.78 bits per heavy atom. The van der Waals surface area contributed by atoms with Gasteiger partial charge in [-0.05, 0) is 36.1 Å². The molecule has 1 atom stereocenters. The van der Waals surface area contributed by atoms with Crippen LogP contribution in [0.1, 0.15) is 5.56 Å². The Morgan fingerprint density at radius 1 is 1.09 bits per heavy atom. The van der Waals surface area contributed by atoms with Gasteiger partial charge in [0, 0.05) is 39.4 Å². The maximum Gasteiger partial charge on any atom is 0.319 e. The number of urea groups is 1. The van der Waals surface area contributed by atoms with Crippen LogP contribution in [-0.4, -0.2) is 28.8 Å². The molecule has 0 aliphatic heterocycles. The molecular weight excluding hydrogens is 328 g/mol. The highest BCUT2D eigenvalue weighted by Gasteiger charge is 2.04. The number of carbonyl (C=O) groups excluding carboxylic acids is 1. The summed E-state index contributed by atoms with van der Waals surface area (Å²) in [5.74, 6) is 0.952. The topological polar surface area (TPSA) is 58.2 Å². The van der Waals surface area contributed by atoms with Crippen molar-refractivity contribution in [3.05, 3.63) is 60.2 Å². The van der Waals surface area contributed by atoms with Crippen LogP contribution < -0.4 is 10.6 Å². The minimum atomic E-state index is -0.984. The molecule has 0 saturated carbocycles. The van der Waals surface area contributed by atoms with E-state index in [0.29, 0.717) is 18.1 Å². The third kappa shape index (κ3) is 6.46. The van der Waals surface area contributed by atoms with Crippen molar-refractivity contribution in [2.24, 2.45) is 0 Å². The summed E-state index contributed by atoms with van der Waals surface area (Å²) in [7, 11) is -0.984. The fraction of sp³-hybridized carbons (Fsp3) is 0.235. The van der Waals surface area contributed by atoms with Crippen molar-refractivity contribution < 1.29 is 9.00 Å². The molecule has 0 saturated heterocycles. The van der Waals surface area contributed by atoms with E-state index in [4.69, 9.17) is 0 Å². The molecule has 0 bridgehead atoms. The number of carbonyl (C=O) groups is 1. The largest absolute Gasteiger partial charge is 0.337 e. The maximum atomic E-state index is 12.0. The number of rotatable bonds is 7. The Kier molecular flexibility index (Phi) is 7.16. The second-order valence-corrected chi connectivity index (χ2v) is 7.34. The molecule has 0 heterocycles. The predicted molar refractivity (Wildman–Crippen MR) is 98.4 cm³/mol. The van der Waals surface area contributed by atoms with E-state index in [9.17, 15) is 9.00 Å². The van der Waals surface area contributed by atoms with Gasteiger partial charge in [0.15, 0.2) is 0 Å². The Morgan fingerprint density at radius 3 is 2.43 bits per heavy atom. The molecule has 0 unspecified atom stereocenters. The van der Waals surface area contributed by atoms with Crippen molar-refractivity contribution in [3.63, 3.8) is 0 Å². The predicted octanol–water partition coefficient (Wildman–Crippen LogP) is 3.48. The second kappa shape index (κ2) is 9.37. The summed E-state index contributed by atoms with van der Waals surface area (Å²) in [6, 6.07) is 17.1. The van der Waals surface area contributed by atoms with Gasteiger partial charge in [0.1, 0.15) is 0 Å². The van der Waals surface area contributed by atoms with Gasteiger partial charge in [0.25, 0.3) is 0 Å². The number of benzene rings is 2. The third-order valence-corrected chi connectivity index (χ3v) is 5.19. The van der Waals surface area contributed by atoms with Crippen LogP contribution in [0.5, 0.6) is 0 Å². The number of anilines is 1. The molecule has 0 radical (unpaired) electrons. The second-order valence-electron chi connectivity index (χ2n) is 4.88. The van der Waals surface area contributed by atoms with Gasteiger partial charge in [0.05, 0.1) is 0 Å². The first-order valence-corrected chi connectivity index (χ1v) is 9.96. The van der Waals surface area contributed by atoms with Crippen molar-refractivity contribution in [1.29, 1.82) is 0 Å². The summed E-state index contributed by atoms with van der Waals surface area (Å²) in [5, 5.41) is 5.49. The highest BCUT2D eigenvalue weighted by atomic mass is 32.2. The zero-order chi connectivity index (χ0) is 16.5. The smallest absolute Gasteiger partial charge is 0.319 e. The van der Waals surface area contributed by atoms with Crippen LogP contribution in [0.2, 0.25) is 0 Å². The fourth-order valence-corrected chi connectivity index (χ4v) is 3.41. The van der Waals surface area contributed by atoms with E-state index < -0.39 is 10.8 Å². The van der Waals surface area contributed by atoms with Crippen LogP contribution in [0, 0.1) is 0 Å². The molecule has 2 aromatic carbocycles. The first-order chi connectivity index (χ1) is 11.2. The molecule has 23 heavy (non-hydrogen) atoms. The van der Waals surface area contributed by atoms with Gasteiger partial charge in [-0.3, -0.25) is 4.21 Å². The standard InChI is InChI=1S/C17H20N2O2S2/c1-22-16-9-7-15(8-10-16)19-17(20)18-11-12-23(21)13-14-5-3-2-4-6-14/h2-10H,11-13H2,1H3,(H2,18,19,20)/t23-/m1/s1. The summed E-state index contributed by atoms with van der Waals surface area (Å²) in [5.41, 5.74) is 1.79. The van der Waals surface area contributed by atoms with E-state index in [-0.39, 0.29) is 6.03 Å². The Labute approximate surface area is 143 Å². The van der Waals surface area contributed by atoms with Gasteiger partial charge in [-0.15, -0.1) is 11.8 Å². The number of hydrogen-bond acceptors (Lipinski definition) is 3. The van der Waals surface area contributed by atoms with E-state index in [1.54, 1.807) is 11.8 Å². The molecule has 2 N–H and O–H groups in total. The van der Waals surface area contributed by atoms with Crippen LogP contribution in [0.4, 0.5) is 10.5 Å². The third-order valence-electron chi connectivity index (χ3n) is 3.13. The van der Waals surface area contributed by atoms with Crippen LogP contribution in [0.15, 0.2) is 59.5 Å². The zero-order valence-electron chi connectivity index (χ0n) is 13.0. The summed E-state index contributed by atoms with van der Waals surface area (Å²) < 4.78 is 12.0. The highest BCUT2D eigenvalue weighted by molar-refractivity contribution is 7.98. The van der Waals surface area contributed by atoms with Gasteiger partial charge < -0.3 is 10.6 Å². The molecule has 0 fully saturated rings. The average molecular weight is 348 g/mol. The van der Waals surface area contributed by atoms with Gasteiger partial charge in [-0.1, -0.05) is 30.3 Å². The van der Waals surface area contributed by atoms with E-state index in [0.717, 1.165) is 16.1 Å². The van der Waals surface area contributed by atoms with Crippen LogP contribution >= 0.6 is 11.8 Å². The highest BCUT2D eigenvalue weighted by Crippen LogP contribution is 2.17. The minimum absolute atomic E-state index is 0.279. The van der Waals surface area contributed by atoms with E-state index in [1.807, 2.05) is 60.9 Å². The van der Waals surface area contributed by atoms with Gasteiger partial charge >= 0.3 is 6.03 Å². The molecule has 122 valence electrons. The Bertz CT molecular complexity index is 645. The molecule has 0 aromatic heterocycles. The van der Waals surface area contributed by atoms with Crippen molar-refractivity contribution in [3.8, 4) is 0 Å². The molecule has 4 nitrogen and oxygen atoms in total. The van der Waals surface area contributed by atoms with Gasteiger partial charge in [-0.2, -0.15) is 0 Å². The molecule has 2 amide bonds. The minimum Gasteiger partial charge on any atom is -0.337 e. The van der Waals surface area contributed by atoms with Crippen LogP contribution in [0.3, 0.4) is 0 Å². The molecule has 2 aromatic rings. The normalized spacial score (nSPS) is 11.7. The first kappa shape index (κ1) is 17.6. The first-order valence-electron chi connectivity index (χ1n) is 7.25. The number of nitrogens with one attached hydrogen (secondary N) is 2. The van der Waals surface area contributed by atoms with Gasteiger partial charge in [-0.25, -0.2) is 4.79 Å². The molecule has 0 aliphatic carbocycles. The van der Waals surface area contributed by atoms with Crippen LogP contribution in [0.25, 0.3) is 0 Å². The number of hydrogen-bond donors (Lipinski definition) is 2. The monoisotopic (exact) mass is 348 g/mol. The quantitative estimate of drug-likeness (QED) is 0.753. The SMILES string of the molecule is CSc1ccc(NC(=O)NCC[S@@](=O)Cc2ccccc2)cc1. The molecule has 0 aliphatic rings. The van der Waals surface area contributed by atoms with Crippen molar-refractivity contribution >= 4 is 34.3 Å². The van der Waals surface area contributed by atoms with Crippen molar-refractivity contribution in [2.45, 2.75) is 10.6 Å². The lowest BCUT2D eigenvalue weighted by atomic mass is 10.2. The lowest BCUT2D eigenvalue weighted by Crippen LogP contribution is -2.32. The molecule has 0 spiro atoms. The lowest BCUT2D eigenvalue weighted by molar-refractivity contribution is 0.252. The lowest BCUT2D eigenvalue weighted by Gasteiger charge is -2.08. The fourth-order valence-electron chi connectivity index (χ4n) is 1.96. The summed E-state index contributed by atoms with van der Waals surface area (Å²) in [4.78, 5) is 12.9. The molecular formula is C17H20N2O2S2. The Balaban J connectivity index is 1.68. The van der Waals surface area contributed by atoms with Gasteiger partial charge in [0.2, 0.25) is 0 Å². The van der Waals surface area contributed by atoms with Crippen molar-refractivity contribution in [2.75, 3.05) is 23.9 Å². The molecule has 2 rings (SSSR count).